The molecule has 0 saturated carbocycles. The molecule has 2 heterocycles. The number of aromatic nitrogens is 1. The number of nitrogens with zero attached hydrogens (tertiary/aromatic N) is 2. The van der Waals surface area contributed by atoms with Gasteiger partial charge in [-0.1, -0.05) is 30.3 Å². The van der Waals surface area contributed by atoms with Gasteiger partial charge in [0.15, 0.2) is 0 Å². The molecule has 0 bridgehead atoms. The molecule has 0 saturated heterocycles. The highest BCUT2D eigenvalue weighted by Crippen LogP contribution is 2.27. The first-order valence-electron chi connectivity index (χ1n) is 7.34. The number of rotatable bonds is 2. The van der Waals surface area contributed by atoms with Crippen LogP contribution in [0.3, 0.4) is 0 Å². The van der Waals surface area contributed by atoms with Crippen molar-refractivity contribution in [1.29, 1.82) is 0 Å². The first-order valence-corrected chi connectivity index (χ1v) is 7.34. The van der Waals surface area contributed by atoms with Gasteiger partial charge in [0.2, 0.25) is 0 Å². The number of fused-ring (bicyclic) bond motifs is 3. The van der Waals surface area contributed by atoms with E-state index in [9.17, 15) is 14.7 Å². The fourth-order valence-electron chi connectivity index (χ4n) is 3.01. The Bertz CT molecular complexity index is 928. The smallest absolute Gasteiger partial charge is 0.271 e. The minimum Gasteiger partial charge on any atom is -0.508 e. The second kappa shape index (κ2) is 4.98. The van der Waals surface area contributed by atoms with Gasteiger partial charge in [-0.15, -0.1) is 0 Å². The van der Waals surface area contributed by atoms with Crippen molar-refractivity contribution < 1.29 is 14.7 Å². The average Bonchev–Trinajstić information content (AvgIpc) is 2.92. The summed E-state index contributed by atoms with van der Waals surface area (Å²) in [7, 11) is 0. The zero-order valence-corrected chi connectivity index (χ0v) is 12.3. The quantitative estimate of drug-likeness (QED) is 0.791. The maximum Gasteiger partial charge on any atom is 0.271 e. The van der Waals surface area contributed by atoms with E-state index in [4.69, 9.17) is 0 Å². The number of phenolic OH excluding ortho intramolecular Hbond substituents is 1. The maximum atomic E-state index is 12.7. The summed E-state index contributed by atoms with van der Waals surface area (Å²) in [6.07, 6.45) is 0. The van der Waals surface area contributed by atoms with E-state index in [0.29, 0.717) is 17.8 Å². The largest absolute Gasteiger partial charge is 0.508 e. The lowest BCUT2D eigenvalue weighted by Crippen LogP contribution is -2.43. The van der Waals surface area contributed by atoms with Crippen molar-refractivity contribution >= 4 is 22.7 Å². The van der Waals surface area contributed by atoms with E-state index in [1.807, 2.05) is 30.3 Å². The maximum absolute atomic E-state index is 12.7. The minimum absolute atomic E-state index is 0.0279. The van der Waals surface area contributed by atoms with E-state index >= 15 is 0 Å². The highest BCUT2D eigenvalue weighted by Gasteiger charge is 2.31. The van der Waals surface area contributed by atoms with E-state index in [0.717, 1.165) is 10.9 Å². The number of phenols is 1. The van der Waals surface area contributed by atoms with Crippen LogP contribution >= 0.6 is 0 Å². The summed E-state index contributed by atoms with van der Waals surface area (Å²) < 4.78 is 1.40. The van der Waals surface area contributed by atoms with Crippen molar-refractivity contribution in [3.63, 3.8) is 0 Å². The van der Waals surface area contributed by atoms with Crippen LogP contribution in [0.1, 0.15) is 20.8 Å². The van der Waals surface area contributed by atoms with Crippen LogP contribution in [0.5, 0.6) is 5.75 Å². The molecule has 0 fully saturated rings. The molecule has 4 rings (SSSR count). The molecule has 3 aromatic rings. The molecule has 0 aliphatic carbocycles. The van der Waals surface area contributed by atoms with E-state index < -0.39 is 0 Å². The molecule has 1 aliphatic rings. The van der Waals surface area contributed by atoms with Crippen molar-refractivity contribution in [2.45, 2.75) is 6.54 Å². The lowest BCUT2D eigenvalue weighted by atomic mass is 10.2. The number of amides is 1. The van der Waals surface area contributed by atoms with Gasteiger partial charge in [0.05, 0.1) is 5.52 Å². The van der Waals surface area contributed by atoms with Crippen molar-refractivity contribution in [3.8, 4) is 5.75 Å². The third-order valence-electron chi connectivity index (χ3n) is 4.09. The molecular weight excluding hydrogens is 292 g/mol. The Labute approximate surface area is 132 Å². The molecule has 0 spiro atoms. The molecule has 1 aromatic heterocycles. The number of aromatic hydroxyl groups is 1. The zero-order valence-electron chi connectivity index (χ0n) is 12.3. The summed E-state index contributed by atoms with van der Waals surface area (Å²) in [5.41, 5.74) is 1.89. The Balaban J connectivity index is 1.77. The molecule has 5 heteroatoms. The lowest BCUT2D eigenvalue weighted by Gasteiger charge is -2.27. The summed E-state index contributed by atoms with van der Waals surface area (Å²) in [5.74, 6) is -0.273. The molecular formula is C18H14N2O3. The van der Waals surface area contributed by atoms with Gasteiger partial charge in [-0.3, -0.25) is 14.2 Å². The van der Waals surface area contributed by atoms with Crippen molar-refractivity contribution in [1.82, 2.24) is 9.47 Å². The number of carbonyl (C=O) groups is 2. The number of carbonyl (C=O) groups excluding carboxylic acids is 2. The standard InChI is InChI=1S/C18H14N2O3/c21-14-7-6-13-8-16-18(23)19(10-12-4-2-1-3-5-12)11-17(22)20(16)15(13)9-14/h1-9,21H,10-11H2. The van der Waals surface area contributed by atoms with Gasteiger partial charge < -0.3 is 10.0 Å². The second-order valence-corrected chi connectivity index (χ2v) is 5.65. The van der Waals surface area contributed by atoms with Crippen LogP contribution in [-0.4, -0.2) is 32.9 Å². The van der Waals surface area contributed by atoms with Crippen LogP contribution in [0.25, 0.3) is 10.9 Å². The fourth-order valence-corrected chi connectivity index (χ4v) is 3.01. The SMILES string of the molecule is O=C1c2cc3ccc(O)cc3n2C(=O)CN1Cc1ccccc1. The zero-order chi connectivity index (χ0) is 16.0. The molecule has 1 amide bonds. The third-order valence-corrected chi connectivity index (χ3v) is 4.09. The van der Waals surface area contributed by atoms with Crippen molar-refractivity contribution in [3.05, 3.63) is 65.9 Å². The Hall–Kier alpha value is -3.08. The van der Waals surface area contributed by atoms with Crippen LogP contribution in [0.15, 0.2) is 54.6 Å². The normalized spacial score (nSPS) is 14.3. The van der Waals surface area contributed by atoms with Gasteiger partial charge in [-0.25, -0.2) is 0 Å². The van der Waals surface area contributed by atoms with Gasteiger partial charge in [-0.05, 0) is 23.8 Å². The highest BCUT2D eigenvalue weighted by molar-refractivity contribution is 6.09. The van der Waals surface area contributed by atoms with Crippen molar-refractivity contribution in [2.24, 2.45) is 0 Å². The molecule has 2 aromatic carbocycles. The Morgan fingerprint density at radius 3 is 2.57 bits per heavy atom. The number of hydrogen-bond acceptors (Lipinski definition) is 3. The Morgan fingerprint density at radius 1 is 1.00 bits per heavy atom. The average molecular weight is 306 g/mol. The molecule has 1 aliphatic heterocycles. The van der Waals surface area contributed by atoms with Crippen molar-refractivity contribution in [2.75, 3.05) is 6.54 Å². The lowest BCUT2D eigenvalue weighted by molar-refractivity contribution is 0.0612. The predicted octanol–water partition coefficient (Wildman–Crippen LogP) is 2.64. The molecule has 5 nitrogen and oxygen atoms in total. The van der Waals surface area contributed by atoms with E-state index in [1.54, 1.807) is 23.1 Å². The summed E-state index contributed by atoms with van der Waals surface area (Å²) >= 11 is 0. The molecule has 1 N–H and O–H groups in total. The van der Waals surface area contributed by atoms with E-state index in [-0.39, 0.29) is 24.1 Å². The first-order chi connectivity index (χ1) is 11.1. The fraction of sp³-hybridized carbons (Fsp3) is 0.111. The predicted molar refractivity (Wildman–Crippen MR) is 85.4 cm³/mol. The highest BCUT2D eigenvalue weighted by atomic mass is 16.3. The van der Waals surface area contributed by atoms with Gasteiger partial charge in [-0.2, -0.15) is 0 Å². The van der Waals surface area contributed by atoms with Crippen LogP contribution < -0.4 is 0 Å². The van der Waals surface area contributed by atoms with Crippen LogP contribution in [0.2, 0.25) is 0 Å². The molecule has 114 valence electrons. The van der Waals surface area contributed by atoms with E-state index in [2.05, 4.69) is 0 Å². The summed E-state index contributed by atoms with van der Waals surface area (Å²) in [4.78, 5) is 26.8. The van der Waals surface area contributed by atoms with Gasteiger partial charge >= 0.3 is 0 Å². The number of hydrogen-bond donors (Lipinski definition) is 1. The van der Waals surface area contributed by atoms with Gasteiger partial charge in [0, 0.05) is 18.0 Å². The van der Waals surface area contributed by atoms with Gasteiger partial charge in [0.25, 0.3) is 11.8 Å². The Morgan fingerprint density at radius 2 is 1.78 bits per heavy atom. The summed E-state index contributed by atoms with van der Waals surface area (Å²) in [6.45, 7) is 0.429. The monoisotopic (exact) mass is 306 g/mol. The summed E-state index contributed by atoms with van der Waals surface area (Å²) in [6, 6.07) is 16.1. The van der Waals surface area contributed by atoms with Crippen LogP contribution in [0.4, 0.5) is 0 Å². The molecule has 0 radical (unpaired) electrons. The number of benzene rings is 2. The Kier molecular flexibility index (Phi) is 2.94. The molecule has 0 atom stereocenters. The minimum atomic E-state index is -0.177. The molecule has 0 unspecified atom stereocenters. The topological polar surface area (TPSA) is 62.5 Å². The second-order valence-electron chi connectivity index (χ2n) is 5.65. The van der Waals surface area contributed by atoms with Crippen LogP contribution in [-0.2, 0) is 6.54 Å². The van der Waals surface area contributed by atoms with E-state index in [1.165, 1.54) is 10.6 Å². The van der Waals surface area contributed by atoms with Crippen LogP contribution in [0, 0.1) is 0 Å². The molecule has 23 heavy (non-hydrogen) atoms. The summed E-state index contributed by atoms with van der Waals surface area (Å²) in [5, 5.41) is 10.4. The third kappa shape index (κ3) is 2.17. The van der Waals surface area contributed by atoms with Gasteiger partial charge in [0.1, 0.15) is 18.0 Å². The first kappa shape index (κ1) is 13.6.